The normalized spacial score (nSPS) is 10.9. The van der Waals surface area contributed by atoms with Gasteiger partial charge in [-0.05, 0) is 35.0 Å². The smallest absolute Gasteiger partial charge is 0.317 e. The van der Waals surface area contributed by atoms with Crippen LogP contribution >= 0.6 is 0 Å². The zero-order chi connectivity index (χ0) is 14.9. The van der Waals surface area contributed by atoms with Gasteiger partial charge in [-0.2, -0.15) is 4.68 Å². The molecule has 0 fully saturated rings. The second kappa shape index (κ2) is 5.00. The molecule has 0 amide bonds. The van der Waals surface area contributed by atoms with Gasteiger partial charge in [0, 0.05) is 5.56 Å². The summed E-state index contributed by atoms with van der Waals surface area (Å²) in [6.45, 7) is 0. The zero-order valence-electron chi connectivity index (χ0n) is 11.7. The van der Waals surface area contributed by atoms with Crippen LogP contribution in [0.4, 0.5) is 0 Å². The first-order valence-electron chi connectivity index (χ1n) is 7.01. The van der Waals surface area contributed by atoms with Gasteiger partial charge in [-0.15, -0.1) is 5.10 Å². The van der Waals surface area contributed by atoms with Crippen molar-refractivity contribution >= 4 is 10.8 Å². The molecule has 4 rings (SSSR count). The Morgan fingerprint density at radius 1 is 0.818 bits per heavy atom. The van der Waals surface area contributed by atoms with E-state index >= 15 is 0 Å². The van der Waals surface area contributed by atoms with Gasteiger partial charge in [-0.1, -0.05) is 48.5 Å². The van der Waals surface area contributed by atoms with Gasteiger partial charge < -0.3 is 4.42 Å². The molecule has 1 N–H and O–H groups in total. The molecule has 0 saturated carbocycles. The molecule has 4 aromatic rings. The lowest BCUT2D eigenvalue weighted by atomic mass is 10.1. The molecule has 106 valence electrons. The Hall–Kier alpha value is -3.14. The minimum absolute atomic E-state index is 0.00867. The molecule has 0 unspecified atom stereocenters. The van der Waals surface area contributed by atoms with Crippen LogP contribution in [0, 0.1) is 5.41 Å². The SMILES string of the molecule is N=c1oc(-c2ccc3ccccc3c2)nn1-c1ccccc1. The highest BCUT2D eigenvalue weighted by atomic mass is 16.4. The van der Waals surface area contributed by atoms with Crippen LogP contribution in [0.15, 0.2) is 77.2 Å². The summed E-state index contributed by atoms with van der Waals surface area (Å²) < 4.78 is 7.01. The first-order valence-corrected chi connectivity index (χ1v) is 7.01. The van der Waals surface area contributed by atoms with Crippen LogP contribution in [0.2, 0.25) is 0 Å². The number of benzene rings is 3. The number of hydrogen-bond acceptors (Lipinski definition) is 3. The first-order chi connectivity index (χ1) is 10.8. The number of aromatic nitrogens is 2. The van der Waals surface area contributed by atoms with Crippen LogP contribution in [-0.4, -0.2) is 9.78 Å². The van der Waals surface area contributed by atoms with Crippen molar-refractivity contribution in [1.82, 2.24) is 9.78 Å². The van der Waals surface area contributed by atoms with Gasteiger partial charge >= 0.3 is 5.68 Å². The van der Waals surface area contributed by atoms with E-state index in [2.05, 4.69) is 17.2 Å². The monoisotopic (exact) mass is 287 g/mol. The van der Waals surface area contributed by atoms with Crippen molar-refractivity contribution in [3.63, 3.8) is 0 Å². The minimum atomic E-state index is 0.00867. The molecule has 22 heavy (non-hydrogen) atoms. The number of nitrogens with one attached hydrogen (secondary N) is 1. The number of para-hydroxylation sites is 1. The van der Waals surface area contributed by atoms with Gasteiger partial charge in [0.1, 0.15) is 0 Å². The molecule has 0 spiro atoms. The lowest BCUT2D eigenvalue weighted by molar-refractivity contribution is 0.487. The molecular formula is C18H13N3O. The highest BCUT2D eigenvalue weighted by molar-refractivity contribution is 5.86. The average molecular weight is 287 g/mol. The van der Waals surface area contributed by atoms with E-state index in [1.165, 1.54) is 10.1 Å². The molecule has 0 aliphatic carbocycles. The molecule has 4 nitrogen and oxygen atoms in total. The van der Waals surface area contributed by atoms with Crippen molar-refractivity contribution < 1.29 is 4.42 Å². The number of fused-ring (bicyclic) bond motifs is 1. The fraction of sp³-hybridized carbons (Fsp3) is 0. The Morgan fingerprint density at radius 3 is 2.36 bits per heavy atom. The average Bonchev–Trinajstić information content (AvgIpc) is 2.97. The van der Waals surface area contributed by atoms with Crippen molar-refractivity contribution in [3.05, 3.63) is 78.5 Å². The Balaban J connectivity index is 1.84. The van der Waals surface area contributed by atoms with E-state index in [-0.39, 0.29) is 5.68 Å². The second-order valence-corrected chi connectivity index (χ2v) is 5.02. The Labute approximate surface area is 126 Å². The summed E-state index contributed by atoms with van der Waals surface area (Å²) in [5.41, 5.74) is 1.68. The van der Waals surface area contributed by atoms with Crippen LogP contribution in [-0.2, 0) is 0 Å². The van der Waals surface area contributed by atoms with E-state index in [1.54, 1.807) is 0 Å². The third-order valence-electron chi connectivity index (χ3n) is 3.57. The molecule has 3 aromatic carbocycles. The van der Waals surface area contributed by atoms with E-state index in [1.807, 2.05) is 60.7 Å². The van der Waals surface area contributed by atoms with Gasteiger partial charge in [-0.3, -0.25) is 0 Å². The van der Waals surface area contributed by atoms with Crippen molar-refractivity contribution in [2.75, 3.05) is 0 Å². The number of hydrogen-bond donors (Lipinski definition) is 1. The number of nitrogens with zero attached hydrogens (tertiary/aromatic N) is 2. The third kappa shape index (κ3) is 2.11. The van der Waals surface area contributed by atoms with Crippen LogP contribution in [0.5, 0.6) is 0 Å². The molecule has 0 aliphatic rings. The summed E-state index contributed by atoms with van der Waals surface area (Å²) in [5.74, 6) is 0.444. The van der Waals surface area contributed by atoms with Crippen molar-refractivity contribution in [3.8, 4) is 17.1 Å². The highest BCUT2D eigenvalue weighted by Gasteiger charge is 2.10. The fourth-order valence-corrected chi connectivity index (χ4v) is 2.47. The maximum absolute atomic E-state index is 7.98. The molecule has 1 heterocycles. The van der Waals surface area contributed by atoms with Crippen molar-refractivity contribution in [1.29, 1.82) is 5.41 Å². The Morgan fingerprint density at radius 2 is 1.55 bits per heavy atom. The standard InChI is InChI=1S/C18H13N3O/c19-18-21(16-8-2-1-3-9-16)20-17(22-18)15-11-10-13-6-4-5-7-14(13)12-15/h1-12,19H. The molecule has 4 heteroatoms. The van der Waals surface area contributed by atoms with Gasteiger partial charge in [-0.25, -0.2) is 5.41 Å². The summed E-state index contributed by atoms with van der Waals surface area (Å²) in [6, 6.07) is 23.7. The van der Waals surface area contributed by atoms with Crippen LogP contribution in [0.3, 0.4) is 0 Å². The fourth-order valence-electron chi connectivity index (χ4n) is 2.47. The minimum Gasteiger partial charge on any atom is -0.403 e. The largest absolute Gasteiger partial charge is 0.403 e. The van der Waals surface area contributed by atoms with E-state index in [0.717, 1.165) is 16.6 Å². The van der Waals surface area contributed by atoms with Gasteiger partial charge in [0.25, 0.3) is 0 Å². The predicted molar refractivity (Wildman–Crippen MR) is 84.6 cm³/mol. The quantitative estimate of drug-likeness (QED) is 0.610. The van der Waals surface area contributed by atoms with Gasteiger partial charge in [0.05, 0.1) is 5.69 Å². The van der Waals surface area contributed by atoms with E-state index in [4.69, 9.17) is 9.83 Å². The number of rotatable bonds is 2. The molecule has 0 saturated heterocycles. The first kappa shape index (κ1) is 12.6. The summed E-state index contributed by atoms with van der Waals surface area (Å²) in [7, 11) is 0. The Kier molecular flexibility index (Phi) is 2.86. The molecule has 1 aromatic heterocycles. The molecule has 0 aliphatic heterocycles. The van der Waals surface area contributed by atoms with Gasteiger partial charge in [0.2, 0.25) is 5.89 Å². The van der Waals surface area contributed by atoms with Crippen LogP contribution in [0.1, 0.15) is 0 Å². The molecule has 0 atom stereocenters. The Bertz CT molecular complexity index is 999. The van der Waals surface area contributed by atoms with Gasteiger partial charge in [0.15, 0.2) is 0 Å². The summed E-state index contributed by atoms with van der Waals surface area (Å²) in [5, 5.41) is 14.7. The second-order valence-electron chi connectivity index (χ2n) is 5.02. The van der Waals surface area contributed by atoms with E-state index in [0.29, 0.717) is 5.89 Å². The predicted octanol–water partition coefficient (Wildman–Crippen LogP) is 3.76. The highest BCUT2D eigenvalue weighted by Crippen LogP contribution is 2.22. The lowest BCUT2D eigenvalue weighted by Gasteiger charge is -1.99. The maximum atomic E-state index is 7.98. The van der Waals surface area contributed by atoms with Crippen molar-refractivity contribution in [2.45, 2.75) is 0 Å². The molecular weight excluding hydrogens is 274 g/mol. The summed E-state index contributed by atoms with van der Waals surface area (Å²) in [6.07, 6.45) is 0. The van der Waals surface area contributed by atoms with E-state index < -0.39 is 0 Å². The van der Waals surface area contributed by atoms with Crippen molar-refractivity contribution in [2.24, 2.45) is 0 Å². The molecule has 0 bridgehead atoms. The van der Waals surface area contributed by atoms with E-state index in [9.17, 15) is 0 Å². The zero-order valence-corrected chi connectivity index (χ0v) is 11.7. The summed E-state index contributed by atoms with van der Waals surface area (Å²) in [4.78, 5) is 0. The lowest BCUT2D eigenvalue weighted by Crippen LogP contribution is -2.13. The van der Waals surface area contributed by atoms with Crippen LogP contribution < -0.4 is 5.68 Å². The maximum Gasteiger partial charge on any atom is 0.317 e. The topological polar surface area (TPSA) is 54.8 Å². The van der Waals surface area contributed by atoms with Crippen LogP contribution in [0.25, 0.3) is 27.9 Å². The summed E-state index contributed by atoms with van der Waals surface area (Å²) >= 11 is 0. The molecule has 0 radical (unpaired) electrons. The third-order valence-corrected chi connectivity index (χ3v) is 3.57.